The Bertz CT molecular complexity index is 1710. The largest absolute Gasteiger partial charge is 0.472 e. The van der Waals surface area contributed by atoms with Crippen LogP contribution in [0.3, 0.4) is 0 Å². The third-order valence-corrected chi connectivity index (χ3v) is 11.5. The van der Waals surface area contributed by atoms with Crippen LogP contribution in [-0.4, -0.2) is 66.5 Å². The van der Waals surface area contributed by atoms with Crippen molar-refractivity contribution in [2.24, 2.45) is 0 Å². The van der Waals surface area contributed by atoms with Crippen molar-refractivity contribution in [3.05, 3.63) is 134 Å². The van der Waals surface area contributed by atoms with Gasteiger partial charge in [0.25, 0.3) is 0 Å². The summed E-state index contributed by atoms with van der Waals surface area (Å²) in [6.07, 6.45) is 65.7. The van der Waals surface area contributed by atoms with E-state index >= 15 is 0 Å². The minimum Gasteiger partial charge on any atom is -0.462 e. The summed E-state index contributed by atoms with van der Waals surface area (Å²) in [5, 5.41) is 9.78. The molecule has 0 amide bonds. The fraction of sp³-hybridized carbons (Fsp3) is 0.583. The molecule has 0 saturated carbocycles. The second-order valence-electron chi connectivity index (χ2n) is 17.2. The Morgan fingerprint density at radius 2 is 0.681 bits per heavy atom. The van der Waals surface area contributed by atoms with E-state index in [2.05, 4.69) is 154 Å². The third-order valence-electron chi connectivity index (χ3n) is 10.6. The summed E-state index contributed by atoms with van der Waals surface area (Å²) in [5.74, 6) is -1.59. The van der Waals surface area contributed by atoms with Gasteiger partial charge in [-0.05, 0) is 128 Å². The van der Waals surface area contributed by atoms with Gasteiger partial charge >= 0.3 is 25.7 Å². The summed E-state index contributed by atoms with van der Waals surface area (Å²) in [4.78, 5) is 48.4. The molecule has 0 aromatic heterocycles. The molecule has 3 atom stereocenters. The second-order valence-corrected chi connectivity index (χ2v) is 18.7. The van der Waals surface area contributed by atoms with Gasteiger partial charge < -0.3 is 24.2 Å². The van der Waals surface area contributed by atoms with E-state index in [1.807, 2.05) is 0 Å². The van der Waals surface area contributed by atoms with E-state index < -0.39 is 57.8 Å². The summed E-state index contributed by atoms with van der Waals surface area (Å²) in [6, 6.07) is 0. The first-order valence-electron chi connectivity index (χ1n) is 27.1. The van der Waals surface area contributed by atoms with Gasteiger partial charge in [-0.2, -0.15) is 0 Å². The number of phosphoric ester groups is 1. The Balaban J connectivity index is 4.88. The lowest BCUT2D eigenvalue weighted by Crippen LogP contribution is -2.30. The zero-order valence-electron chi connectivity index (χ0n) is 44.6. The number of aliphatic hydroxyl groups excluding tert-OH is 1. The van der Waals surface area contributed by atoms with Crippen LogP contribution in [-0.2, 0) is 42.2 Å². The van der Waals surface area contributed by atoms with Crippen LogP contribution in [0.1, 0.15) is 188 Å². The van der Waals surface area contributed by atoms with Crippen molar-refractivity contribution in [1.29, 1.82) is 0 Å². The third kappa shape index (κ3) is 50.6. The van der Waals surface area contributed by atoms with Gasteiger partial charge in [0.1, 0.15) is 12.7 Å². The number of hydrogen-bond acceptors (Lipinski definition) is 10. The lowest BCUT2D eigenvalue weighted by Gasteiger charge is -2.21. The molecular weight excluding hydrogens is 928 g/mol. The molecule has 0 rings (SSSR count). The average molecular weight is 1020 g/mol. The number of carbonyl (C=O) groups excluding carboxylic acids is 3. The molecule has 0 saturated heterocycles. The summed E-state index contributed by atoms with van der Waals surface area (Å²) >= 11 is 0. The van der Waals surface area contributed by atoms with E-state index in [0.717, 1.165) is 128 Å². The molecule has 2 N–H and O–H groups in total. The van der Waals surface area contributed by atoms with E-state index in [-0.39, 0.29) is 25.9 Å². The SMILES string of the molecule is CC/C=C\C/C=C\C/C=C\C/C=C\C/C=C\CCCCCC(=O)OC(COC(=O)CCCCC/C=C\C/C=C\C/C=C\CC)COP(=O)(O)OCC(CO)OC(=O)CCCCC/C=C\C/C=C\C/C=C\CC. The van der Waals surface area contributed by atoms with Crippen LogP contribution in [0.5, 0.6) is 0 Å². The summed E-state index contributed by atoms with van der Waals surface area (Å²) in [5.41, 5.74) is 0. The molecule has 0 aliphatic heterocycles. The Kier molecular flexibility index (Phi) is 49.7. The molecule has 0 aliphatic rings. The number of allylic oxidation sites excluding steroid dienone is 22. The van der Waals surface area contributed by atoms with Crippen molar-refractivity contribution >= 4 is 25.7 Å². The predicted octanol–water partition coefficient (Wildman–Crippen LogP) is 15.8. The number of unbranched alkanes of at least 4 members (excludes halogenated alkanes) is 9. The summed E-state index contributed by atoms with van der Waals surface area (Å²) in [7, 11) is -4.78. The standard InChI is InChI=1S/C60H95O11P/c1-4-7-10-13-16-19-22-25-26-27-28-29-30-33-36-39-42-45-48-51-60(64)71-57(53-67-58(62)49-46-43-40-37-34-31-23-20-17-14-11-8-5-2)55-69-72(65,66)68-54-56(52-61)70-59(63)50-47-44-41-38-35-32-24-21-18-15-12-9-6-3/h7-12,16-21,25-26,28-29,31-36,56-57,61H,4-6,13-15,22-24,27,30,37-55H2,1-3H3,(H,65,66)/b10-7-,11-8-,12-9-,19-16-,20-17-,21-18-,26-25-,29-28-,34-31-,35-32-,36-33-. The van der Waals surface area contributed by atoms with Gasteiger partial charge in [-0.25, -0.2) is 4.57 Å². The van der Waals surface area contributed by atoms with Crippen LogP contribution in [0.4, 0.5) is 0 Å². The van der Waals surface area contributed by atoms with E-state index in [1.54, 1.807) is 0 Å². The highest BCUT2D eigenvalue weighted by Gasteiger charge is 2.28. The van der Waals surface area contributed by atoms with Crippen LogP contribution in [0.25, 0.3) is 0 Å². The lowest BCUT2D eigenvalue weighted by molar-refractivity contribution is -0.161. The lowest BCUT2D eigenvalue weighted by atomic mass is 10.1. The quantitative estimate of drug-likeness (QED) is 0.0197. The highest BCUT2D eigenvalue weighted by atomic mass is 31.2. The number of carbonyl (C=O) groups is 3. The number of rotatable bonds is 48. The molecule has 406 valence electrons. The summed E-state index contributed by atoms with van der Waals surface area (Å²) < 4.78 is 39.3. The molecule has 72 heavy (non-hydrogen) atoms. The molecule has 0 aliphatic carbocycles. The molecule has 0 aromatic carbocycles. The Hall–Kier alpha value is -4.38. The van der Waals surface area contributed by atoms with E-state index in [4.69, 9.17) is 23.3 Å². The number of esters is 3. The number of aliphatic hydroxyl groups is 1. The maximum Gasteiger partial charge on any atom is 0.472 e. The molecule has 0 radical (unpaired) electrons. The van der Waals surface area contributed by atoms with Crippen molar-refractivity contribution in [3.8, 4) is 0 Å². The Morgan fingerprint density at radius 1 is 0.389 bits per heavy atom. The van der Waals surface area contributed by atoms with Crippen LogP contribution >= 0.6 is 7.82 Å². The Morgan fingerprint density at radius 3 is 1.01 bits per heavy atom. The van der Waals surface area contributed by atoms with Crippen molar-refractivity contribution in [2.75, 3.05) is 26.4 Å². The molecule has 0 aromatic rings. The maximum absolute atomic E-state index is 12.9. The first-order valence-corrected chi connectivity index (χ1v) is 28.6. The van der Waals surface area contributed by atoms with Crippen molar-refractivity contribution in [3.63, 3.8) is 0 Å². The summed E-state index contributed by atoms with van der Waals surface area (Å²) in [6.45, 7) is 4.15. The van der Waals surface area contributed by atoms with Crippen LogP contribution < -0.4 is 0 Å². The van der Waals surface area contributed by atoms with E-state index in [0.29, 0.717) is 19.3 Å². The van der Waals surface area contributed by atoms with Gasteiger partial charge in [-0.15, -0.1) is 0 Å². The minimum absolute atomic E-state index is 0.112. The fourth-order valence-corrected chi connectivity index (χ4v) is 7.31. The van der Waals surface area contributed by atoms with Gasteiger partial charge in [-0.1, -0.05) is 174 Å². The van der Waals surface area contributed by atoms with Crippen molar-refractivity contribution < 1.29 is 52.2 Å². The van der Waals surface area contributed by atoms with E-state index in [9.17, 15) is 28.9 Å². The van der Waals surface area contributed by atoms with Crippen molar-refractivity contribution in [2.45, 2.75) is 200 Å². The smallest absolute Gasteiger partial charge is 0.462 e. The van der Waals surface area contributed by atoms with Crippen LogP contribution in [0.2, 0.25) is 0 Å². The highest BCUT2D eigenvalue weighted by Crippen LogP contribution is 2.43. The van der Waals surface area contributed by atoms with Gasteiger partial charge in [0.05, 0.1) is 19.8 Å². The fourth-order valence-electron chi connectivity index (χ4n) is 6.53. The van der Waals surface area contributed by atoms with Gasteiger partial charge in [-0.3, -0.25) is 23.4 Å². The van der Waals surface area contributed by atoms with Gasteiger partial charge in [0, 0.05) is 19.3 Å². The van der Waals surface area contributed by atoms with Gasteiger partial charge in [0.2, 0.25) is 0 Å². The van der Waals surface area contributed by atoms with Crippen molar-refractivity contribution in [1.82, 2.24) is 0 Å². The number of hydrogen-bond donors (Lipinski definition) is 2. The highest BCUT2D eigenvalue weighted by molar-refractivity contribution is 7.47. The van der Waals surface area contributed by atoms with E-state index in [1.165, 1.54) is 0 Å². The number of phosphoric acid groups is 1. The molecule has 12 heteroatoms. The minimum atomic E-state index is -4.78. The molecule has 0 heterocycles. The van der Waals surface area contributed by atoms with Gasteiger partial charge in [0.15, 0.2) is 6.10 Å². The maximum atomic E-state index is 12.9. The molecule has 0 bridgehead atoms. The number of ether oxygens (including phenoxy) is 3. The topological polar surface area (TPSA) is 155 Å². The molecule has 11 nitrogen and oxygen atoms in total. The van der Waals surface area contributed by atoms with Crippen LogP contribution in [0, 0.1) is 0 Å². The first-order chi connectivity index (χ1) is 35.2. The second kappa shape index (κ2) is 52.9. The first kappa shape index (κ1) is 67.6. The molecule has 0 spiro atoms. The molecule has 3 unspecified atom stereocenters. The zero-order chi connectivity index (χ0) is 52.7. The zero-order valence-corrected chi connectivity index (χ0v) is 45.5. The molecule has 0 fully saturated rings. The monoisotopic (exact) mass is 1020 g/mol. The molecular formula is C60H95O11P. The van der Waals surface area contributed by atoms with Crippen LogP contribution in [0.15, 0.2) is 134 Å². The normalized spacial score (nSPS) is 14.5. The average Bonchev–Trinajstić information content (AvgIpc) is 3.37. The Labute approximate surface area is 436 Å². The predicted molar refractivity (Wildman–Crippen MR) is 297 cm³/mol.